The monoisotopic (exact) mass is 287 g/mol. The van der Waals surface area contributed by atoms with E-state index in [9.17, 15) is 0 Å². The van der Waals surface area contributed by atoms with Crippen LogP contribution in [0.4, 0.5) is 0 Å². The van der Waals surface area contributed by atoms with Crippen LogP contribution in [0.5, 0.6) is 0 Å². The molecule has 1 N–H and O–H groups in total. The minimum atomic E-state index is 0.0339. The van der Waals surface area contributed by atoms with Gasteiger partial charge in [0, 0.05) is 11.2 Å². The maximum absolute atomic E-state index is 4.16. The molecule has 0 aliphatic rings. The smallest absolute Gasteiger partial charge is 0.0336 e. The van der Waals surface area contributed by atoms with Gasteiger partial charge >= 0.3 is 0 Å². The Morgan fingerprint density at radius 2 is 1.62 bits per heavy atom. The van der Waals surface area contributed by atoms with Crippen molar-refractivity contribution in [1.82, 2.24) is 5.32 Å². The summed E-state index contributed by atoms with van der Waals surface area (Å²) in [4.78, 5) is 0. The summed E-state index contributed by atoms with van der Waals surface area (Å²) in [6.45, 7) is 23.1. The topological polar surface area (TPSA) is 12.0 Å². The van der Waals surface area contributed by atoms with Gasteiger partial charge in [-0.2, -0.15) is 0 Å². The summed E-state index contributed by atoms with van der Waals surface area (Å²) >= 11 is 0. The highest BCUT2D eigenvalue weighted by Gasteiger charge is 2.14. The summed E-state index contributed by atoms with van der Waals surface area (Å²) in [6.07, 6.45) is 11.1. The molecule has 0 aliphatic carbocycles. The first-order chi connectivity index (χ1) is 9.47. The van der Waals surface area contributed by atoms with Gasteiger partial charge in [-0.25, -0.2) is 0 Å². The molecule has 0 unspecified atom stereocenters. The normalized spacial score (nSPS) is 14.4. The third-order valence-corrected chi connectivity index (χ3v) is 3.08. The Morgan fingerprint density at radius 3 is 2.05 bits per heavy atom. The van der Waals surface area contributed by atoms with Gasteiger partial charge in [-0.05, 0) is 56.8 Å². The number of allylic oxidation sites excluding steroid dienone is 7. The lowest BCUT2D eigenvalue weighted by Gasteiger charge is -2.25. The van der Waals surface area contributed by atoms with Crippen LogP contribution < -0.4 is 5.32 Å². The first-order valence-electron chi connectivity index (χ1n) is 7.60. The number of hydrogen-bond acceptors (Lipinski definition) is 1. The third kappa shape index (κ3) is 9.12. The largest absolute Gasteiger partial charge is 0.380 e. The van der Waals surface area contributed by atoms with Crippen molar-refractivity contribution in [3.05, 3.63) is 60.4 Å². The van der Waals surface area contributed by atoms with E-state index < -0.39 is 0 Å². The molecule has 0 bridgehead atoms. The van der Waals surface area contributed by atoms with Crippen LogP contribution in [0.1, 0.15) is 54.9 Å². The fourth-order valence-electron chi connectivity index (χ4n) is 1.58. The zero-order valence-corrected chi connectivity index (χ0v) is 15.0. The van der Waals surface area contributed by atoms with E-state index in [1.807, 2.05) is 6.08 Å². The van der Waals surface area contributed by atoms with Crippen LogP contribution in [0.3, 0.4) is 0 Å². The Morgan fingerprint density at radius 1 is 1.05 bits per heavy atom. The summed E-state index contributed by atoms with van der Waals surface area (Å²) < 4.78 is 0. The highest BCUT2D eigenvalue weighted by molar-refractivity contribution is 5.32. The van der Waals surface area contributed by atoms with Crippen molar-refractivity contribution in [3.8, 4) is 0 Å². The zero-order valence-electron chi connectivity index (χ0n) is 15.0. The second-order valence-electron chi connectivity index (χ2n) is 7.55. The summed E-state index contributed by atoms with van der Waals surface area (Å²) in [5.74, 6) is 0. The molecule has 0 atom stereocenters. The minimum absolute atomic E-state index is 0.0339. The van der Waals surface area contributed by atoms with E-state index in [2.05, 4.69) is 85.2 Å². The van der Waals surface area contributed by atoms with E-state index in [4.69, 9.17) is 0 Å². The Bertz CT molecular complexity index is 445. The quantitative estimate of drug-likeness (QED) is 0.596. The molecule has 1 nitrogen and oxygen atoms in total. The molecule has 0 aromatic rings. The fraction of sp³-hybridized carbons (Fsp3) is 0.500. The van der Waals surface area contributed by atoms with Crippen molar-refractivity contribution >= 4 is 0 Å². The van der Waals surface area contributed by atoms with Crippen LogP contribution in [-0.2, 0) is 0 Å². The van der Waals surface area contributed by atoms with Gasteiger partial charge < -0.3 is 5.32 Å². The van der Waals surface area contributed by atoms with Crippen LogP contribution in [0.25, 0.3) is 0 Å². The second kappa shape index (κ2) is 8.07. The van der Waals surface area contributed by atoms with Crippen LogP contribution in [-0.4, -0.2) is 5.54 Å². The summed E-state index contributed by atoms with van der Waals surface area (Å²) in [6, 6.07) is 0. The molecular formula is C20H33N. The molecule has 0 saturated heterocycles. The highest BCUT2D eigenvalue weighted by Crippen LogP contribution is 2.25. The zero-order chi connectivity index (χ0) is 16.7. The highest BCUT2D eigenvalue weighted by atomic mass is 15.0. The van der Waals surface area contributed by atoms with Crippen molar-refractivity contribution in [2.24, 2.45) is 5.41 Å². The lowest BCUT2D eigenvalue weighted by Crippen LogP contribution is -2.35. The first kappa shape index (κ1) is 19.5. The predicted octanol–water partition coefficient (Wildman–Crippen LogP) is 5.94. The van der Waals surface area contributed by atoms with E-state index in [1.54, 1.807) is 6.08 Å². The Labute approximate surface area is 132 Å². The van der Waals surface area contributed by atoms with Crippen molar-refractivity contribution in [1.29, 1.82) is 0 Å². The molecular weight excluding hydrogens is 254 g/mol. The number of rotatable bonds is 6. The maximum atomic E-state index is 4.16. The molecule has 0 spiro atoms. The standard InChI is InChI=1S/C20H33N/c1-10-11-12-13-16(2)18(21-20(7,8)9)15-14-17(3)19(4,5)6/h10-12,14-15,21H,1,3,13H2,2,4-9H3/b12-11-,15-14-,18-16+. The lowest BCUT2D eigenvalue weighted by atomic mass is 9.87. The van der Waals surface area contributed by atoms with Gasteiger partial charge in [0.2, 0.25) is 0 Å². The molecule has 118 valence electrons. The van der Waals surface area contributed by atoms with E-state index in [1.165, 1.54) is 11.3 Å². The van der Waals surface area contributed by atoms with Crippen molar-refractivity contribution in [2.45, 2.75) is 60.4 Å². The van der Waals surface area contributed by atoms with Crippen molar-refractivity contribution < 1.29 is 0 Å². The van der Waals surface area contributed by atoms with E-state index in [-0.39, 0.29) is 11.0 Å². The van der Waals surface area contributed by atoms with Gasteiger partial charge in [-0.1, -0.05) is 58.2 Å². The van der Waals surface area contributed by atoms with Crippen LogP contribution in [0.15, 0.2) is 60.4 Å². The molecule has 0 fully saturated rings. The molecule has 0 aromatic heterocycles. The summed E-state index contributed by atoms with van der Waals surface area (Å²) in [5, 5.41) is 3.58. The first-order valence-corrected chi connectivity index (χ1v) is 7.60. The van der Waals surface area contributed by atoms with Gasteiger partial charge in [0.15, 0.2) is 0 Å². The van der Waals surface area contributed by atoms with Gasteiger partial charge in [-0.3, -0.25) is 0 Å². The average molecular weight is 287 g/mol. The number of nitrogens with one attached hydrogen (secondary N) is 1. The van der Waals surface area contributed by atoms with E-state index in [0.29, 0.717) is 0 Å². The fourth-order valence-corrected chi connectivity index (χ4v) is 1.58. The molecule has 0 saturated carbocycles. The molecule has 0 aliphatic heterocycles. The van der Waals surface area contributed by atoms with Crippen LogP contribution in [0.2, 0.25) is 0 Å². The summed E-state index contributed by atoms with van der Waals surface area (Å²) in [7, 11) is 0. The molecule has 0 rings (SSSR count). The van der Waals surface area contributed by atoms with Crippen LogP contribution >= 0.6 is 0 Å². The predicted molar refractivity (Wildman–Crippen MR) is 97.3 cm³/mol. The molecule has 0 radical (unpaired) electrons. The van der Waals surface area contributed by atoms with Crippen LogP contribution in [0, 0.1) is 5.41 Å². The third-order valence-electron chi connectivity index (χ3n) is 3.08. The SMILES string of the molecule is C=C/C=C\C/C(C)=C(\C=C/C(=C)C(C)(C)C)NC(C)(C)C. The minimum Gasteiger partial charge on any atom is -0.380 e. The van der Waals surface area contributed by atoms with Gasteiger partial charge in [0.25, 0.3) is 0 Å². The van der Waals surface area contributed by atoms with E-state index >= 15 is 0 Å². The lowest BCUT2D eigenvalue weighted by molar-refractivity contribution is 0.476. The van der Waals surface area contributed by atoms with Gasteiger partial charge in [0.1, 0.15) is 0 Å². The number of hydrogen-bond donors (Lipinski definition) is 1. The molecule has 0 amide bonds. The average Bonchev–Trinajstić information content (AvgIpc) is 2.31. The molecule has 21 heavy (non-hydrogen) atoms. The summed E-state index contributed by atoms with van der Waals surface area (Å²) in [5.41, 5.74) is 3.74. The van der Waals surface area contributed by atoms with Crippen molar-refractivity contribution in [2.75, 3.05) is 0 Å². The Balaban J connectivity index is 5.28. The van der Waals surface area contributed by atoms with E-state index in [0.717, 1.165) is 12.0 Å². The van der Waals surface area contributed by atoms with Gasteiger partial charge in [-0.15, -0.1) is 0 Å². The molecule has 0 aromatic carbocycles. The Hall–Kier alpha value is -1.50. The molecule has 1 heteroatoms. The van der Waals surface area contributed by atoms with Gasteiger partial charge in [0.05, 0.1) is 0 Å². The molecule has 0 heterocycles. The Kier molecular flexibility index (Phi) is 7.49. The second-order valence-corrected chi connectivity index (χ2v) is 7.55. The maximum Gasteiger partial charge on any atom is 0.0336 e. The van der Waals surface area contributed by atoms with Crippen molar-refractivity contribution in [3.63, 3.8) is 0 Å².